The van der Waals surface area contributed by atoms with Gasteiger partial charge in [-0.15, -0.1) is 0 Å². The van der Waals surface area contributed by atoms with Crippen LogP contribution in [0.5, 0.6) is 0 Å². The van der Waals surface area contributed by atoms with Crippen molar-refractivity contribution in [3.05, 3.63) is 0 Å². The maximum absolute atomic E-state index is 10.2. The van der Waals surface area contributed by atoms with Crippen LogP contribution in [0, 0.1) is 5.92 Å². The fourth-order valence-electron chi connectivity index (χ4n) is 3.53. The highest BCUT2D eigenvalue weighted by molar-refractivity contribution is 4.91. The van der Waals surface area contributed by atoms with E-state index >= 15 is 0 Å². The molecule has 1 fully saturated rings. The van der Waals surface area contributed by atoms with Crippen LogP contribution in [-0.2, 0) is 0 Å². The molecule has 4 atom stereocenters. The monoisotopic (exact) mass is 313 g/mol. The van der Waals surface area contributed by atoms with Crippen molar-refractivity contribution in [3.63, 3.8) is 0 Å². The van der Waals surface area contributed by atoms with E-state index in [0.717, 1.165) is 19.4 Å². The van der Waals surface area contributed by atoms with E-state index in [1.165, 1.54) is 64.2 Å². The summed E-state index contributed by atoms with van der Waals surface area (Å²) in [5.74, 6) is 0.0260. The quantitative estimate of drug-likeness (QED) is 0.450. The number of rotatable bonds is 13. The predicted molar refractivity (Wildman–Crippen MR) is 94.0 cm³/mol. The van der Waals surface area contributed by atoms with Gasteiger partial charge in [-0.1, -0.05) is 77.6 Å². The van der Waals surface area contributed by atoms with Gasteiger partial charge in [-0.25, -0.2) is 0 Å². The fraction of sp³-hybridized carbons (Fsp3) is 1.00. The molecule has 0 radical (unpaired) electrons. The number of nitrogens with one attached hydrogen (secondary N) is 1. The maximum atomic E-state index is 10.2. The van der Waals surface area contributed by atoms with Crippen LogP contribution >= 0.6 is 0 Å². The van der Waals surface area contributed by atoms with Crippen molar-refractivity contribution >= 4 is 0 Å². The zero-order valence-corrected chi connectivity index (χ0v) is 14.9. The molecule has 22 heavy (non-hydrogen) atoms. The Hall–Kier alpha value is -0.120. The number of hydrogen-bond acceptors (Lipinski definition) is 3. The van der Waals surface area contributed by atoms with Crippen molar-refractivity contribution in [2.75, 3.05) is 6.54 Å². The second-order valence-corrected chi connectivity index (χ2v) is 7.24. The second-order valence-electron chi connectivity index (χ2n) is 7.24. The van der Waals surface area contributed by atoms with Crippen molar-refractivity contribution < 1.29 is 10.2 Å². The van der Waals surface area contributed by atoms with Gasteiger partial charge >= 0.3 is 0 Å². The first-order chi connectivity index (χ1) is 10.7. The summed E-state index contributed by atoms with van der Waals surface area (Å²) in [6.45, 7) is 5.00. The first kappa shape index (κ1) is 19.9. The van der Waals surface area contributed by atoms with Gasteiger partial charge < -0.3 is 15.5 Å². The average Bonchev–Trinajstić information content (AvgIpc) is 2.84. The van der Waals surface area contributed by atoms with Gasteiger partial charge in [0.2, 0.25) is 0 Å². The Labute approximate surface area is 137 Å². The van der Waals surface area contributed by atoms with E-state index in [1.807, 2.05) is 6.92 Å². The summed E-state index contributed by atoms with van der Waals surface area (Å²) < 4.78 is 0. The fourth-order valence-corrected chi connectivity index (χ4v) is 3.53. The number of hydrogen-bond donors (Lipinski definition) is 3. The molecule has 1 rings (SSSR count). The molecule has 0 spiro atoms. The van der Waals surface area contributed by atoms with Gasteiger partial charge in [0.25, 0.3) is 0 Å². The van der Waals surface area contributed by atoms with E-state index in [9.17, 15) is 10.2 Å². The lowest BCUT2D eigenvalue weighted by molar-refractivity contribution is 0.0264. The standard InChI is InChI=1S/C19H39NO2/c1-3-4-5-6-7-8-9-10-11-12-13-14-18(21)17-15-20-16(2)19(17)22/h16-22H,3-15H2,1-2H3/t16-,17-,18-,19+/m1/s1. The molecule has 1 heterocycles. The molecular formula is C19H39NO2. The lowest BCUT2D eigenvalue weighted by Gasteiger charge is -2.21. The Morgan fingerprint density at radius 2 is 1.41 bits per heavy atom. The number of aliphatic hydroxyl groups excluding tert-OH is 2. The number of unbranched alkanes of at least 4 members (excludes halogenated alkanes) is 10. The summed E-state index contributed by atoms with van der Waals surface area (Å²) >= 11 is 0. The molecule has 132 valence electrons. The second kappa shape index (κ2) is 12.3. The molecule has 0 aliphatic carbocycles. The average molecular weight is 314 g/mol. The number of aliphatic hydroxyl groups is 2. The van der Waals surface area contributed by atoms with Crippen molar-refractivity contribution in [1.82, 2.24) is 5.32 Å². The summed E-state index contributed by atoms with van der Waals surface area (Å²) in [4.78, 5) is 0. The summed E-state index contributed by atoms with van der Waals surface area (Å²) in [7, 11) is 0. The van der Waals surface area contributed by atoms with Crippen LogP contribution in [0.3, 0.4) is 0 Å². The third-order valence-electron chi connectivity index (χ3n) is 5.22. The molecule has 0 aromatic carbocycles. The van der Waals surface area contributed by atoms with Crippen LogP contribution in [0.15, 0.2) is 0 Å². The molecule has 3 heteroatoms. The van der Waals surface area contributed by atoms with E-state index in [-0.39, 0.29) is 24.2 Å². The highest BCUT2D eigenvalue weighted by Crippen LogP contribution is 2.22. The van der Waals surface area contributed by atoms with Crippen molar-refractivity contribution in [1.29, 1.82) is 0 Å². The minimum absolute atomic E-state index is 0.0260. The Morgan fingerprint density at radius 1 is 0.909 bits per heavy atom. The van der Waals surface area contributed by atoms with Gasteiger partial charge in [0.1, 0.15) is 0 Å². The van der Waals surface area contributed by atoms with Gasteiger partial charge in [-0.2, -0.15) is 0 Å². The Kier molecular flexibility index (Phi) is 11.2. The predicted octanol–water partition coefficient (Wildman–Crippen LogP) is 4.02. The van der Waals surface area contributed by atoms with E-state index in [2.05, 4.69) is 12.2 Å². The minimum atomic E-state index is -0.386. The largest absolute Gasteiger partial charge is 0.393 e. The lowest BCUT2D eigenvalue weighted by Crippen LogP contribution is -2.33. The molecular weight excluding hydrogens is 274 g/mol. The van der Waals surface area contributed by atoms with Gasteiger partial charge in [0.15, 0.2) is 0 Å². The van der Waals surface area contributed by atoms with E-state index in [1.54, 1.807) is 0 Å². The van der Waals surface area contributed by atoms with Crippen LogP contribution in [0.4, 0.5) is 0 Å². The van der Waals surface area contributed by atoms with E-state index < -0.39 is 0 Å². The highest BCUT2D eigenvalue weighted by atomic mass is 16.3. The molecule has 1 aliphatic heterocycles. The smallest absolute Gasteiger partial charge is 0.0755 e. The molecule has 1 aliphatic rings. The molecule has 1 saturated heterocycles. The van der Waals surface area contributed by atoms with Gasteiger partial charge in [-0.05, 0) is 13.3 Å². The third kappa shape index (κ3) is 7.94. The van der Waals surface area contributed by atoms with Crippen molar-refractivity contribution in [2.45, 2.75) is 109 Å². The van der Waals surface area contributed by atoms with Crippen molar-refractivity contribution in [3.8, 4) is 0 Å². The molecule has 3 N–H and O–H groups in total. The van der Waals surface area contributed by atoms with Crippen LogP contribution < -0.4 is 5.32 Å². The van der Waals surface area contributed by atoms with Crippen LogP contribution in [0.2, 0.25) is 0 Å². The molecule has 3 nitrogen and oxygen atoms in total. The molecule has 0 aromatic heterocycles. The van der Waals surface area contributed by atoms with Crippen LogP contribution in [0.1, 0.15) is 90.9 Å². The molecule has 0 unspecified atom stereocenters. The third-order valence-corrected chi connectivity index (χ3v) is 5.22. The summed E-state index contributed by atoms with van der Waals surface area (Å²) in [5, 5.41) is 23.4. The van der Waals surface area contributed by atoms with Crippen molar-refractivity contribution in [2.24, 2.45) is 5.92 Å². The molecule has 0 saturated carbocycles. The summed E-state index contributed by atoms with van der Waals surface area (Å²) in [6, 6.07) is 0.122. The maximum Gasteiger partial charge on any atom is 0.0755 e. The normalized spacial score (nSPS) is 26.5. The first-order valence-electron chi connectivity index (χ1n) is 9.76. The van der Waals surface area contributed by atoms with Gasteiger partial charge in [-0.3, -0.25) is 0 Å². The minimum Gasteiger partial charge on any atom is -0.393 e. The highest BCUT2D eigenvalue weighted by Gasteiger charge is 2.35. The summed E-state index contributed by atoms with van der Waals surface area (Å²) in [5.41, 5.74) is 0. The SMILES string of the molecule is CCCCCCCCCCCCC[C@@H](O)[C@H]1CN[C@H](C)[C@@H]1O. The topological polar surface area (TPSA) is 52.5 Å². The van der Waals surface area contributed by atoms with Gasteiger partial charge in [0, 0.05) is 18.5 Å². The van der Waals surface area contributed by atoms with Gasteiger partial charge in [0.05, 0.1) is 12.2 Å². The Balaban J connectivity index is 1.87. The molecule has 0 amide bonds. The van der Waals surface area contributed by atoms with E-state index in [4.69, 9.17) is 0 Å². The first-order valence-corrected chi connectivity index (χ1v) is 9.76. The Bertz CT molecular complexity index is 260. The zero-order chi connectivity index (χ0) is 16.2. The van der Waals surface area contributed by atoms with Crippen LogP contribution in [-0.4, -0.2) is 35.0 Å². The zero-order valence-electron chi connectivity index (χ0n) is 14.9. The summed E-state index contributed by atoms with van der Waals surface area (Å²) in [6.07, 6.45) is 14.8. The Morgan fingerprint density at radius 3 is 1.86 bits per heavy atom. The van der Waals surface area contributed by atoms with Crippen LogP contribution in [0.25, 0.3) is 0 Å². The molecule has 0 aromatic rings. The lowest BCUT2D eigenvalue weighted by atomic mass is 9.92. The molecule has 0 bridgehead atoms. The van der Waals surface area contributed by atoms with E-state index in [0.29, 0.717) is 0 Å².